The first kappa shape index (κ1) is 25.8. The van der Waals surface area contributed by atoms with Crippen molar-refractivity contribution in [2.24, 2.45) is 7.05 Å². The minimum absolute atomic E-state index is 0.296. The number of thiocarbonyl (C=S) groups is 1. The van der Waals surface area contributed by atoms with Gasteiger partial charge in [-0.2, -0.15) is 10.1 Å². The number of fused-ring (bicyclic) bond motifs is 1. The molecule has 4 aromatic rings. The molecule has 196 valence electrons. The first-order chi connectivity index (χ1) is 18.2. The molecule has 0 fully saturated rings. The summed E-state index contributed by atoms with van der Waals surface area (Å²) in [4.78, 5) is 13.0. The molecule has 0 atom stereocenters. The van der Waals surface area contributed by atoms with Crippen LogP contribution in [0.4, 0.5) is 34.5 Å². The van der Waals surface area contributed by atoms with E-state index < -0.39 is 0 Å². The van der Waals surface area contributed by atoms with E-state index >= 15 is 0 Å². The third-order valence-electron chi connectivity index (χ3n) is 6.12. The zero-order chi connectivity index (χ0) is 27.1. The summed E-state index contributed by atoms with van der Waals surface area (Å²) >= 11 is 19.5. The van der Waals surface area contributed by atoms with Crippen LogP contribution in [0.5, 0.6) is 11.5 Å². The molecule has 2 aromatic carbocycles. The minimum Gasteiger partial charge on any atom is -0.495 e. The van der Waals surface area contributed by atoms with Gasteiger partial charge in [0.1, 0.15) is 27.4 Å². The zero-order valence-electron chi connectivity index (χ0n) is 21.0. The van der Waals surface area contributed by atoms with Crippen molar-refractivity contribution in [3.63, 3.8) is 0 Å². The topological polar surface area (TPSA) is 107 Å². The Labute approximate surface area is 234 Å². The number of hydrogen-bond acceptors (Lipinski definition) is 8. The van der Waals surface area contributed by atoms with Crippen LogP contribution in [0.15, 0.2) is 42.9 Å². The summed E-state index contributed by atoms with van der Waals surface area (Å²) in [5, 5.41) is 8.55. The number of halogens is 2. The van der Waals surface area contributed by atoms with Crippen molar-refractivity contribution in [1.29, 1.82) is 0 Å². The van der Waals surface area contributed by atoms with Crippen LogP contribution in [-0.4, -0.2) is 39.1 Å². The van der Waals surface area contributed by atoms with E-state index in [1.54, 1.807) is 32.9 Å². The number of nitrogens with one attached hydrogen (secondary N) is 1. The quantitative estimate of drug-likeness (QED) is 0.224. The molecule has 0 saturated carbocycles. The van der Waals surface area contributed by atoms with Gasteiger partial charge in [-0.1, -0.05) is 35.3 Å². The number of nitrogens with two attached hydrogens (primary N) is 1. The molecule has 1 aliphatic rings. The Bertz CT molecular complexity index is 1510. The molecular formula is C25H24Cl2N8O2S. The lowest BCUT2D eigenvalue weighted by Crippen LogP contribution is -2.45. The van der Waals surface area contributed by atoms with Gasteiger partial charge in [-0.15, -0.1) is 0 Å². The molecule has 13 heteroatoms. The minimum atomic E-state index is 0.296. The van der Waals surface area contributed by atoms with Crippen LogP contribution >= 0.6 is 35.4 Å². The van der Waals surface area contributed by atoms with Gasteiger partial charge in [0, 0.05) is 31.1 Å². The summed E-state index contributed by atoms with van der Waals surface area (Å²) < 4.78 is 12.6. The SMILES string of the molecule is COc1cc(OC)c(Cl)c(N2Cc3cnc(Nc4c(C)cccc4N)nc3N(c3cnn(C)c3)C2=S)c1Cl. The normalized spacial score (nSPS) is 12.9. The molecule has 10 nitrogen and oxygen atoms in total. The second-order valence-electron chi connectivity index (χ2n) is 8.54. The van der Waals surface area contributed by atoms with Crippen LogP contribution in [-0.2, 0) is 13.6 Å². The number of anilines is 6. The fourth-order valence-electron chi connectivity index (χ4n) is 4.23. The van der Waals surface area contributed by atoms with Crippen LogP contribution in [0.2, 0.25) is 10.0 Å². The average Bonchev–Trinajstić information content (AvgIpc) is 3.32. The molecule has 0 aliphatic carbocycles. The van der Waals surface area contributed by atoms with Crippen molar-refractivity contribution in [2.45, 2.75) is 13.5 Å². The van der Waals surface area contributed by atoms with Crippen molar-refractivity contribution in [3.05, 3.63) is 64.0 Å². The van der Waals surface area contributed by atoms with Crippen molar-refractivity contribution in [1.82, 2.24) is 19.7 Å². The number of nitrogens with zero attached hydrogens (tertiary/aromatic N) is 6. The van der Waals surface area contributed by atoms with E-state index in [1.807, 2.05) is 38.4 Å². The van der Waals surface area contributed by atoms with Crippen molar-refractivity contribution in [3.8, 4) is 11.5 Å². The number of aryl methyl sites for hydroxylation is 2. The van der Waals surface area contributed by atoms with E-state index in [2.05, 4.69) is 15.4 Å². The second kappa shape index (κ2) is 10.2. The number of aromatic nitrogens is 4. The number of ether oxygens (including phenoxy) is 2. The number of benzene rings is 2. The molecule has 0 unspecified atom stereocenters. The fraction of sp³-hybridized carbons (Fsp3) is 0.200. The molecule has 1 aliphatic heterocycles. The smallest absolute Gasteiger partial charge is 0.229 e. The largest absolute Gasteiger partial charge is 0.495 e. The van der Waals surface area contributed by atoms with Crippen LogP contribution in [0.1, 0.15) is 11.1 Å². The average molecular weight is 571 g/mol. The number of hydrogen-bond donors (Lipinski definition) is 2. The molecule has 3 N–H and O–H groups in total. The van der Waals surface area contributed by atoms with E-state index in [-0.39, 0.29) is 0 Å². The predicted octanol–water partition coefficient (Wildman–Crippen LogP) is 5.61. The molecule has 0 spiro atoms. The molecule has 2 aromatic heterocycles. The molecular weight excluding hydrogens is 547 g/mol. The van der Waals surface area contributed by atoms with E-state index in [4.69, 9.17) is 55.6 Å². The van der Waals surface area contributed by atoms with Crippen molar-refractivity contribution >= 4 is 75.0 Å². The molecule has 0 amide bonds. The maximum atomic E-state index is 6.76. The zero-order valence-corrected chi connectivity index (χ0v) is 23.3. The van der Waals surface area contributed by atoms with Gasteiger partial charge in [0.25, 0.3) is 0 Å². The van der Waals surface area contributed by atoms with Gasteiger partial charge in [0.05, 0.1) is 49.7 Å². The van der Waals surface area contributed by atoms with Gasteiger partial charge in [-0.3, -0.25) is 9.58 Å². The van der Waals surface area contributed by atoms with Gasteiger partial charge >= 0.3 is 0 Å². The summed E-state index contributed by atoms with van der Waals surface area (Å²) in [5.74, 6) is 1.76. The first-order valence-electron chi connectivity index (χ1n) is 11.4. The molecule has 0 radical (unpaired) electrons. The van der Waals surface area contributed by atoms with E-state index in [0.29, 0.717) is 62.0 Å². The Morgan fingerprint density at radius 1 is 1.11 bits per heavy atom. The molecule has 38 heavy (non-hydrogen) atoms. The highest BCUT2D eigenvalue weighted by Gasteiger charge is 2.35. The fourth-order valence-corrected chi connectivity index (χ4v) is 5.28. The third kappa shape index (κ3) is 4.42. The van der Waals surface area contributed by atoms with Gasteiger partial charge in [0.15, 0.2) is 5.11 Å². The third-order valence-corrected chi connectivity index (χ3v) is 7.25. The summed E-state index contributed by atoms with van der Waals surface area (Å²) in [6, 6.07) is 7.30. The van der Waals surface area contributed by atoms with Crippen LogP contribution in [0, 0.1) is 6.92 Å². The summed E-state index contributed by atoms with van der Waals surface area (Å²) in [6.45, 7) is 2.26. The molecule has 5 rings (SSSR count). The van der Waals surface area contributed by atoms with Crippen LogP contribution in [0.25, 0.3) is 0 Å². The number of methoxy groups -OCH3 is 2. The molecule has 0 bridgehead atoms. The van der Waals surface area contributed by atoms with E-state index in [1.165, 1.54) is 14.2 Å². The molecule has 3 heterocycles. The highest BCUT2D eigenvalue weighted by molar-refractivity contribution is 7.80. The van der Waals surface area contributed by atoms with Crippen molar-refractivity contribution in [2.75, 3.05) is 35.1 Å². The van der Waals surface area contributed by atoms with E-state index in [9.17, 15) is 0 Å². The Morgan fingerprint density at radius 2 is 1.82 bits per heavy atom. The predicted molar refractivity (Wildman–Crippen MR) is 155 cm³/mol. The first-order valence-corrected chi connectivity index (χ1v) is 12.6. The summed E-state index contributed by atoms with van der Waals surface area (Å²) in [7, 11) is 4.87. The van der Waals surface area contributed by atoms with E-state index in [0.717, 1.165) is 16.8 Å². The Morgan fingerprint density at radius 3 is 2.42 bits per heavy atom. The van der Waals surface area contributed by atoms with Gasteiger partial charge < -0.3 is 25.4 Å². The van der Waals surface area contributed by atoms with Crippen molar-refractivity contribution < 1.29 is 9.47 Å². The lowest BCUT2D eigenvalue weighted by atomic mass is 10.1. The van der Waals surface area contributed by atoms with Gasteiger partial charge in [-0.25, -0.2) is 4.98 Å². The standard InChI is InChI=1S/C25H24Cl2N8O2S/c1-13-6-5-7-16(28)21(13)31-24-29-9-14-11-34(22-19(26)17(36-3)8-18(37-4)20(22)27)25(38)35(23(14)32-24)15-10-30-33(2)12-15/h5-10,12H,11,28H2,1-4H3,(H,29,31,32). The Balaban J connectivity index is 1.65. The van der Waals surface area contributed by atoms with Crippen LogP contribution < -0.4 is 30.3 Å². The Kier molecular flexibility index (Phi) is 6.91. The number of nitrogen functional groups attached to an aromatic ring is 1. The lowest BCUT2D eigenvalue weighted by Gasteiger charge is -2.39. The Hall–Kier alpha value is -3.80. The van der Waals surface area contributed by atoms with Gasteiger partial charge in [-0.05, 0) is 30.8 Å². The van der Waals surface area contributed by atoms with Crippen LogP contribution in [0.3, 0.4) is 0 Å². The number of para-hydroxylation sites is 1. The summed E-state index contributed by atoms with van der Waals surface area (Å²) in [6.07, 6.45) is 5.27. The molecule has 0 saturated heterocycles. The highest BCUT2D eigenvalue weighted by atomic mass is 35.5. The summed E-state index contributed by atoms with van der Waals surface area (Å²) in [5.41, 5.74) is 10.4. The van der Waals surface area contributed by atoms with Gasteiger partial charge in [0.2, 0.25) is 5.95 Å². The number of rotatable bonds is 6. The highest BCUT2D eigenvalue weighted by Crippen LogP contribution is 2.48. The lowest BCUT2D eigenvalue weighted by molar-refractivity contribution is 0.395. The monoisotopic (exact) mass is 570 g/mol. The maximum absolute atomic E-state index is 6.76. The maximum Gasteiger partial charge on any atom is 0.229 e. The second-order valence-corrected chi connectivity index (χ2v) is 9.66.